The second kappa shape index (κ2) is 6.19. The van der Waals surface area contributed by atoms with E-state index in [0.717, 1.165) is 31.6 Å². The summed E-state index contributed by atoms with van der Waals surface area (Å²) in [4.78, 5) is 6.43. The summed E-state index contributed by atoms with van der Waals surface area (Å²) in [6.07, 6.45) is 4.15. The van der Waals surface area contributed by atoms with Crippen molar-refractivity contribution in [1.82, 2.24) is 15.2 Å². The van der Waals surface area contributed by atoms with Crippen molar-refractivity contribution in [2.75, 3.05) is 13.1 Å². The topological polar surface area (TPSA) is 28.2 Å². The maximum atomic E-state index is 13.3. The molecule has 20 heavy (non-hydrogen) atoms. The molecule has 2 rings (SSSR count). The van der Waals surface area contributed by atoms with E-state index < -0.39 is 0 Å². The number of nitrogens with zero attached hydrogens (tertiary/aromatic N) is 2. The van der Waals surface area contributed by atoms with Gasteiger partial charge in [-0.2, -0.15) is 0 Å². The predicted molar refractivity (Wildman–Crippen MR) is 79.9 cm³/mol. The van der Waals surface area contributed by atoms with E-state index in [1.54, 1.807) is 12.3 Å². The Kier molecular flexibility index (Phi) is 4.76. The van der Waals surface area contributed by atoms with Crippen LogP contribution in [0, 0.1) is 11.2 Å². The van der Waals surface area contributed by atoms with Crippen molar-refractivity contribution < 1.29 is 4.39 Å². The Morgan fingerprint density at radius 2 is 2.15 bits per heavy atom. The van der Waals surface area contributed by atoms with Crippen molar-refractivity contribution in [2.24, 2.45) is 5.41 Å². The van der Waals surface area contributed by atoms with Crippen molar-refractivity contribution in [2.45, 2.75) is 52.7 Å². The molecule has 2 heterocycles. The summed E-state index contributed by atoms with van der Waals surface area (Å²) in [5.41, 5.74) is 1.16. The third-order valence-corrected chi connectivity index (χ3v) is 4.14. The summed E-state index contributed by atoms with van der Waals surface area (Å²) in [6, 6.07) is 2.57. The van der Waals surface area contributed by atoms with Crippen LogP contribution < -0.4 is 5.32 Å². The molecular formula is C16H26FN3. The molecule has 2 atom stereocenters. The molecule has 1 saturated heterocycles. The lowest BCUT2D eigenvalue weighted by molar-refractivity contribution is 0.0484. The highest BCUT2D eigenvalue weighted by atomic mass is 19.1. The number of piperazine rings is 1. The molecule has 3 nitrogen and oxygen atoms in total. The van der Waals surface area contributed by atoms with E-state index in [4.69, 9.17) is 0 Å². The molecule has 1 fully saturated rings. The van der Waals surface area contributed by atoms with Gasteiger partial charge in [-0.05, 0) is 23.5 Å². The van der Waals surface area contributed by atoms with Gasteiger partial charge < -0.3 is 5.32 Å². The van der Waals surface area contributed by atoms with Gasteiger partial charge in [-0.3, -0.25) is 9.88 Å². The predicted octanol–water partition coefficient (Wildman–Crippen LogP) is 2.82. The average molecular weight is 279 g/mol. The van der Waals surface area contributed by atoms with Gasteiger partial charge in [0.15, 0.2) is 0 Å². The number of halogens is 1. The smallest absolute Gasteiger partial charge is 0.141 e. The molecule has 0 bridgehead atoms. The molecule has 0 aliphatic carbocycles. The van der Waals surface area contributed by atoms with Gasteiger partial charge in [0, 0.05) is 37.9 Å². The average Bonchev–Trinajstić information content (AvgIpc) is 2.37. The van der Waals surface area contributed by atoms with Crippen molar-refractivity contribution in [3.05, 3.63) is 29.8 Å². The number of rotatable bonds is 3. The standard InChI is InChI=1S/C16H26FN3/c1-5-14-11-20(15(9-19-14)16(2,3)4)10-12-6-13(17)8-18-7-12/h6-8,14-15,19H,5,9-11H2,1-4H3. The quantitative estimate of drug-likeness (QED) is 0.922. The highest BCUT2D eigenvalue weighted by Gasteiger charge is 2.34. The fourth-order valence-corrected chi connectivity index (χ4v) is 2.96. The lowest BCUT2D eigenvalue weighted by Gasteiger charge is -2.46. The van der Waals surface area contributed by atoms with E-state index in [1.807, 2.05) is 0 Å². The van der Waals surface area contributed by atoms with E-state index in [-0.39, 0.29) is 11.2 Å². The molecule has 4 heteroatoms. The largest absolute Gasteiger partial charge is 0.311 e. The maximum absolute atomic E-state index is 13.3. The van der Waals surface area contributed by atoms with Crippen molar-refractivity contribution >= 4 is 0 Å². The Hall–Kier alpha value is -1.00. The van der Waals surface area contributed by atoms with Crippen LogP contribution in [0.4, 0.5) is 4.39 Å². The summed E-state index contributed by atoms with van der Waals surface area (Å²) in [7, 11) is 0. The van der Waals surface area contributed by atoms with Crippen LogP contribution in [0.3, 0.4) is 0 Å². The van der Waals surface area contributed by atoms with Gasteiger partial charge >= 0.3 is 0 Å². The first-order chi connectivity index (χ1) is 9.40. The first-order valence-electron chi connectivity index (χ1n) is 7.47. The summed E-state index contributed by atoms with van der Waals surface area (Å²) in [6.45, 7) is 11.8. The van der Waals surface area contributed by atoms with E-state index >= 15 is 0 Å². The lowest BCUT2D eigenvalue weighted by atomic mass is 9.83. The van der Waals surface area contributed by atoms with Crippen molar-refractivity contribution in [3.63, 3.8) is 0 Å². The van der Waals surface area contributed by atoms with E-state index in [2.05, 4.69) is 42.9 Å². The van der Waals surface area contributed by atoms with Gasteiger partial charge in [-0.25, -0.2) is 4.39 Å². The van der Waals surface area contributed by atoms with Crippen LogP contribution in [-0.2, 0) is 6.54 Å². The Morgan fingerprint density at radius 1 is 1.40 bits per heavy atom. The van der Waals surface area contributed by atoms with Crippen LogP contribution in [0.1, 0.15) is 39.7 Å². The van der Waals surface area contributed by atoms with Gasteiger partial charge in [0.25, 0.3) is 0 Å². The van der Waals surface area contributed by atoms with E-state index in [0.29, 0.717) is 12.1 Å². The molecular weight excluding hydrogens is 253 g/mol. The SMILES string of the molecule is CCC1CN(Cc2cncc(F)c2)C(C(C)(C)C)CN1. The molecule has 1 aromatic rings. The zero-order valence-corrected chi connectivity index (χ0v) is 13.0. The van der Waals surface area contributed by atoms with Gasteiger partial charge in [-0.1, -0.05) is 27.7 Å². The first-order valence-corrected chi connectivity index (χ1v) is 7.47. The minimum atomic E-state index is -0.253. The van der Waals surface area contributed by atoms with Crippen molar-refractivity contribution in [3.8, 4) is 0 Å². The minimum Gasteiger partial charge on any atom is -0.311 e. The molecule has 0 spiro atoms. The third-order valence-electron chi connectivity index (χ3n) is 4.14. The monoisotopic (exact) mass is 279 g/mol. The molecule has 1 aliphatic heterocycles. The molecule has 0 saturated carbocycles. The maximum Gasteiger partial charge on any atom is 0.141 e. The van der Waals surface area contributed by atoms with E-state index in [1.165, 1.54) is 6.20 Å². The zero-order chi connectivity index (χ0) is 14.8. The normalized spacial score (nSPS) is 24.9. The van der Waals surface area contributed by atoms with Gasteiger partial charge in [0.05, 0.1) is 6.20 Å². The number of hydrogen-bond acceptors (Lipinski definition) is 3. The fraction of sp³-hybridized carbons (Fsp3) is 0.688. The minimum absolute atomic E-state index is 0.201. The first kappa shape index (κ1) is 15.4. The Balaban J connectivity index is 2.14. The van der Waals surface area contributed by atoms with Gasteiger partial charge in [-0.15, -0.1) is 0 Å². The highest BCUT2D eigenvalue weighted by molar-refractivity contribution is 5.11. The molecule has 2 unspecified atom stereocenters. The zero-order valence-electron chi connectivity index (χ0n) is 13.0. The fourth-order valence-electron chi connectivity index (χ4n) is 2.96. The number of aromatic nitrogens is 1. The van der Waals surface area contributed by atoms with Gasteiger partial charge in [0.1, 0.15) is 5.82 Å². The molecule has 112 valence electrons. The van der Waals surface area contributed by atoms with Gasteiger partial charge in [0.2, 0.25) is 0 Å². The second-order valence-corrected chi connectivity index (χ2v) is 6.84. The van der Waals surface area contributed by atoms with Crippen LogP contribution in [0.5, 0.6) is 0 Å². The molecule has 1 aliphatic rings. The molecule has 0 radical (unpaired) electrons. The summed E-state index contributed by atoms with van der Waals surface area (Å²) in [5, 5.41) is 3.62. The number of pyridine rings is 1. The van der Waals surface area contributed by atoms with Crippen LogP contribution >= 0.6 is 0 Å². The summed E-state index contributed by atoms with van der Waals surface area (Å²) >= 11 is 0. The molecule has 0 aromatic carbocycles. The Bertz CT molecular complexity index is 442. The third kappa shape index (κ3) is 3.76. The number of nitrogens with one attached hydrogen (secondary N) is 1. The molecule has 0 amide bonds. The second-order valence-electron chi connectivity index (χ2n) is 6.84. The van der Waals surface area contributed by atoms with E-state index in [9.17, 15) is 4.39 Å². The van der Waals surface area contributed by atoms with Crippen LogP contribution in [0.15, 0.2) is 18.5 Å². The Labute approximate surface area is 121 Å². The van der Waals surface area contributed by atoms with Crippen molar-refractivity contribution in [1.29, 1.82) is 0 Å². The molecule has 1 N–H and O–H groups in total. The molecule has 1 aromatic heterocycles. The summed E-state index contributed by atoms with van der Waals surface area (Å²) in [5.74, 6) is -0.253. The highest BCUT2D eigenvalue weighted by Crippen LogP contribution is 2.28. The van der Waals surface area contributed by atoms with Crippen LogP contribution in [0.25, 0.3) is 0 Å². The summed E-state index contributed by atoms with van der Waals surface area (Å²) < 4.78 is 13.3. The number of hydrogen-bond donors (Lipinski definition) is 1. The lowest BCUT2D eigenvalue weighted by Crippen LogP contribution is -2.59. The Morgan fingerprint density at radius 3 is 2.75 bits per heavy atom. The van der Waals surface area contributed by atoms with Crippen LogP contribution in [0.2, 0.25) is 0 Å². The van der Waals surface area contributed by atoms with Crippen LogP contribution in [-0.4, -0.2) is 35.1 Å².